The van der Waals surface area contributed by atoms with Crippen LogP contribution in [0, 0.1) is 5.41 Å². The molecule has 0 unspecified atom stereocenters. The topological polar surface area (TPSA) is 59.1 Å². The number of methoxy groups -OCH3 is 1. The molecule has 0 bridgehead atoms. The van der Waals surface area contributed by atoms with Gasteiger partial charge >= 0.3 is 0 Å². The molecule has 4 heteroatoms. The van der Waals surface area contributed by atoms with Gasteiger partial charge in [0.1, 0.15) is 11.6 Å². The van der Waals surface area contributed by atoms with Gasteiger partial charge in [-0.05, 0) is 17.7 Å². The molecule has 0 spiro atoms. The van der Waals surface area contributed by atoms with Gasteiger partial charge in [0.25, 0.3) is 0 Å². The van der Waals surface area contributed by atoms with E-state index in [9.17, 15) is 0 Å². The molecule has 0 fully saturated rings. The number of benzene rings is 1. The first kappa shape index (κ1) is 13.9. The molecule has 0 atom stereocenters. The maximum Gasteiger partial charge on any atom is 0.129 e. The van der Waals surface area contributed by atoms with Crippen molar-refractivity contribution >= 4 is 17.6 Å². The van der Waals surface area contributed by atoms with Gasteiger partial charge in [-0.2, -0.15) is 11.8 Å². The summed E-state index contributed by atoms with van der Waals surface area (Å²) in [5, 5.41) is 7.52. The lowest BCUT2D eigenvalue weighted by Gasteiger charge is -2.18. The van der Waals surface area contributed by atoms with Gasteiger partial charge in [-0.15, -0.1) is 0 Å². The Morgan fingerprint density at radius 3 is 2.53 bits per heavy atom. The summed E-state index contributed by atoms with van der Waals surface area (Å²) in [6, 6.07) is 5.82. The smallest absolute Gasteiger partial charge is 0.129 e. The standard InChI is InChI=1S/C13H20N2OS/c1-13(2,3)17-8-9-5-6-11(16-4)10(7-9)12(14)15/h5-7H,8H2,1-4H3,(H3,14,15). The number of hydrogen-bond donors (Lipinski definition) is 2. The molecule has 0 aromatic heterocycles. The van der Waals surface area contributed by atoms with Crippen LogP contribution < -0.4 is 10.5 Å². The Hall–Kier alpha value is -1.16. The van der Waals surface area contributed by atoms with Gasteiger partial charge in [0.05, 0.1) is 12.7 Å². The zero-order valence-corrected chi connectivity index (χ0v) is 11.6. The summed E-state index contributed by atoms with van der Waals surface area (Å²) < 4.78 is 5.41. The second kappa shape index (κ2) is 5.45. The number of hydrogen-bond acceptors (Lipinski definition) is 3. The number of nitrogen functional groups attached to an aromatic ring is 1. The van der Waals surface area contributed by atoms with Crippen molar-refractivity contribution in [3.05, 3.63) is 29.3 Å². The van der Waals surface area contributed by atoms with Crippen molar-refractivity contribution in [2.45, 2.75) is 31.3 Å². The molecule has 0 aliphatic carbocycles. The maximum absolute atomic E-state index is 7.52. The summed E-state index contributed by atoms with van der Waals surface area (Å²) in [4.78, 5) is 0. The fraction of sp³-hybridized carbons (Fsp3) is 0.462. The SMILES string of the molecule is COc1ccc(CSC(C)(C)C)cc1C(=N)N. The zero-order chi connectivity index (χ0) is 13.1. The Morgan fingerprint density at radius 1 is 1.41 bits per heavy atom. The number of nitrogens with two attached hydrogens (primary N) is 1. The number of thioether (sulfide) groups is 1. The number of amidine groups is 1. The van der Waals surface area contributed by atoms with E-state index < -0.39 is 0 Å². The van der Waals surface area contributed by atoms with Gasteiger partial charge in [0, 0.05) is 10.5 Å². The van der Waals surface area contributed by atoms with Gasteiger partial charge < -0.3 is 10.5 Å². The van der Waals surface area contributed by atoms with E-state index in [1.165, 1.54) is 0 Å². The first-order valence-corrected chi connectivity index (χ1v) is 6.47. The number of nitrogens with one attached hydrogen (secondary N) is 1. The van der Waals surface area contributed by atoms with Crippen molar-refractivity contribution in [3.8, 4) is 5.75 Å². The Labute approximate surface area is 107 Å². The molecule has 1 aromatic rings. The molecule has 17 heavy (non-hydrogen) atoms. The van der Waals surface area contributed by atoms with E-state index in [0.717, 1.165) is 11.3 Å². The lowest BCUT2D eigenvalue weighted by Crippen LogP contribution is -2.13. The fourth-order valence-electron chi connectivity index (χ4n) is 1.36. The molecule has 94 valence electrons. The van der Waals surface area contributed by atoms with Crippen molar-refractivity contribution in [2.75, 3.05) is 7.11 Å². The highest BCUT2D eigenvalue weighted by atomic mass is 32.2. The van der Waals surface area contributed by atoms with Crippen molar-refractivity contribution in [1.29, 1.82) is 5.41 Å². The summed E-state index contributed by atoms with van der Waals surface area (Å²) in [5.74, 6) is 1.61. The zero-order valence-electron chi connectivity index (χ0n) is 10.8. The Kier molecular flexibility index (Phi) is 4.46. The molecule has 1 aromatic carbocycles. The van der Waals surface area contributed by atoms with Gasteiger partial charge in [0.2, 0.25) is 0 Å². The normalized spacial score (nSPS) is 11.3. The second-order valence-corrected chi connectivity index (χ2v) is 6.65. The number of rotatable bonds is 4. The van der Waals surface area contributed by atoms with Crippen LogP contribution in [0.1, 0.15) is 31.9 Å². The summed E-state index contributed by atoms with van der Waals surface area (Å²) in [5.41, 5.74) is 7.37. The molecule has 0 saturated carbocycles. The number of ether oxygens (including phenoxy) is 1. The predicted molar refractivity (Wildman–Crippen MR) is 75.1 cm³/mol. The van der Waals surface area contributed by atoms with Crippen LogP contribution >= 0.6 is 11.8 Å². The van der Waals surface area contributed by atoms with Crippen molar-refractivity contribution < 1.29 is 4.74 Å². The van der Waals surface area contributed by atoms with E-state index in [-0.39, 0.29) is 10.6 Å². The second-order valence-electron chi connectivity index (χ2n) is 4.85. The molecule has 0 heterocycles. The third kappa shape index (κ3) is 4.30. The Bertz CT molecular complexity index is 410. The third-order valence-electron chi connectivity index (χ3n) is 2.23. The summed E-state index contributed by atoms with van der Waals surface area (Å²) in [6.07, 6.45) is 0. The molecule has 3 N–H and O–H groups in total. The van der Waals surface area contributed by atoms with Crippen LogP contribution in [0.4, 0.5) is 0 Å². The molecule has 1 rings (SSSR count). The van der Waals surface area contributed by atoms with Gasteiger partial charge in [-0.25, -0.2) is 0 Å². The molecular formula is C13H20N2OS. The van der Waals surface area contributed by atoms with E-state index in [1.807, 2.05) is 30.0 Å². The van der Waals surface area contributed by atoms with Gasteiger partial charge in [-0.3, -0.25) is 5.41 Å². The molecular weight excluding hydrogens is 232 g/mol. The van der Waals surface area contributed by atoms with Crippen LogP contribution in [-0.4, -0.2) is 17.7 Å². The molecule has 0 radical (unpaired) electrons. The van der Waals surface area contributed by atoms with Gasteiger partial charge in [0.15, 0.2) is 0 Å². The average molecular weight is 252 g/mol. The highest BCUT2D eigenvalue weighted by Gasteiger charge is 2.12. The lowest BCUT2D eigenvalue weighted by molar-refractivity contribution is 0.413. The van der Waals surface area contributed by atoms with Crippen LogP contribution in [0.15, 0.2) is 18.2 Å². The largest absolute Gasteiger partial charge is 0.496 e. The molecule has 3 nitrogen and oxygen atoms in total. The maximum atomic E-state index is 7.52. The average Bonchev–Trinajstić information content (AvgIpc) is 2.25. The quantitative estimate of drug-likeness (QED) is 0.639. The van der Waals surface area contributed by atoms with Crippen LogP contribution in [-0.2, 0) is 5.75 Å². The van der Waals surface area contributed by atoms with Gasteiger partial charge in [-0.1, -0.05) is 26.8 Å². The van der Waals surface area contributed by atoms with Crippen LogP contribution in [0.25, 0.3) is 0 Å². The minimum Gasteiger partial charge on any atom is -0.496 e. The van der Waals surface area contributed by atoms with Crippen LogP contribution in [0.2, 0.25) is 0 Å². The van der Waals surface area contributed by atoms with E-state index in [2.05, 4.69) is 20.8 Å². The summed E-state index contributed by atoms with van der Waals surface area (Å²) in [6.45, 7) is 6.56. The highest BCUT2D eigenvalue weighted by Crippen LogP contribution is 2.29. The lowest BCUT2D eigenvalue weighted by atomic mass is 10.1. The highest BCUT2D eigenvalue weighted by molar-refractivity contribution is 7.99. The molecule has 0 aliphatic heterocycles. The minimum absolute atomic E-state index is 0.0458. The van der Waals surface area contributed by atoms with E-state index in [0.29, 0.717) is 11.3 Å². The van der Waals surface area contributed by atoms with Crippen molar-refractivity contribution in [3.63, 3.8) is 0 Å². The van der Waals surface area contributed by atoms with Crippen LogP contribution in [0.5, 0.6) is 5.75 Å². The first-order valence-electron chi connectivity index (χ1n) is 5.49. The van der Waals surface area contributed by atoms with Crippen LogP contribution in [0.3, 0.4) is 0 Å². The molecule has 0 saturated heterocycles. The summed E-state index contributed by atoms with van der Waals surface area (Å²) in [7, 11) is 1.59. The van der Waals surface area contributed by atoms with E-state index in [1.54, 1.807) is 7.11 Å². The van der Waals surface area contributed by atoms with E-state index in [4.69, 9.17) is 15.9 Å². The summed E-state index contributed by atoms with van der Waals surface area (Å²) >= 11 is 1.87. The minimum atomic E-state index is 0.0458. The third-order valence-corrected chi connectivity index (χ3v) is 3.57. The monoisotopic (exact) mass is 252 g/mol. The Morgan fingerprint density at radius 2 is 2.06 bits per heavy atom. The van der Waals surface area contributed by atoms with Crippen molar-refractivity contribution in [1.82, 2.24) is 0 Å². The molecule has 0 aliphatic rings. The molecule has 0 amide bonds. The Balaban J connectivity index is 2.89. The fourth-order valence-corrected chi connectivity index (χ4v) is 2.13. The first-order chi connectivity index (χ1) is 7.83. The van der Waals surface area contributed by atoms with E-state index >= 15 is 0 Å². The van der Waals surface area contributed by atoms with Crippen molar-refractivity contribution in [2.24, 2.45) is 5.73 Å². The predicted octanol–water partition coefficient (Wildman–Crippen LogP) is 3.01.